The Labute approximate surface area is 255 Å². The molecule has 43 heavy (non-hydrogen) atoms. The van der Waals surface area contributed by atoms with Gasteiger partial charge in [-0.1, -0.05) is 32.5 Å². The third-order valence-corrected chi connectivity index (χ3v) is 10.9. The molecule has 4 aromatic rings. The van der Waals surface area contributed by atoms with Gasteiger partial charge in [-0.05, 0) is 91.1 Å². The molecule has 1 aliphatic carbocycles. The number of hydrogen-bond acceptors (Lipinski definition) is 6. The number of carbonyl (C=O) groups excluding carboxylic acids is 1. The molecule has 0 spiro atoms. The van der Waals surface area contributed by atoms with E-state index in [0.29, 0.717) is 51.4 Å². The number of thiophene rings is 1. The van der Waals surface area contributed by atoms with Gasteiger partial charge in [-0.3, -0.25) is 14.2 Å². The van der Waals surface area contributed by atoms with Gasteiger partial charge in [0, 0.05) is 17.1 Å². The molecule has 2 atom stereocenters. The van der Waals surface area contributed by atoms with E-state index in [4.69, 9.17) is 9.72 Å². The van der Waals surface area contributed by atoms with E-state index in [0.717, 1.165) is 37.0 Å². The second kappa shape index (κ2) is 11.0. The number of anilines is 1. The zero-order valence-corrected chi connectivity index (χ0v) is 26.0. The van der Waals surface area contributed by atoms with E-state index >= 15 is 0 Å². The summed E-state index contributed by atoms with van der Waals surface area (Å²) in [6.07, 6.45) is -1.23. The first kappa shape index (κ1) is 29.7. The fraction of sp³-hybridized carbons (Fsp3) is 0.406. The Morgan fingerprint density at radius 2 is 1.65 bits per heavy atom. The van der Waals surface area contributed by atoms with Crippen LogP contribution in [0.3, 0.4) is 0 Å². The van der Waals surface area contributed by atoms with Gasteiger partial charge in [0.05, 0.1) is 29.0 Å². The summed E-state index contributed by atoms with van der Waals surface area (Å²) in [6, 6.07) is 11.8. The average molecular weight is 628 g/mol. The van der Waals surface area contributed by atoms with Crippen LogP contribution in [0.4, 0.5) is 18.9 Å². The van der Waals surface area contributed by atoms with Gasteiger partial charge in [0.25, 0.3) is 5.56 Å². The number of thioether (sulfide) groups is 1. The zero-order chi connectivity index (χ0) is 30.7. The van der Waals surface area contributed by atoms with Crippen LogP contribution < -0.4 is 15.2 Å². The number of ether oxygens (including phenoxy) is 1. The Hall–Kier alpha value is -3.31. The van der Waals surface area contributed by atoms with Crippen molar-refractivity contribution in [1.29, 1.82) is 0 Å². The van der Waals surface area contributed by atoms with Crippen molar-refractivity contribution in [2.24, 2.45) is 11.3 Å². The molecule has 0 saturated carbocycles. The molecule has 1 aliphatic heterocycles. The molecule has 2 aromatic heterocycles. The van der Waals surface area contributed by atoms with Crippen molar-refractivity contribution in [3.05, 3.63) is 74.9 Å². The van der Waals surface area contributed by atoms with E-state index in [9.17, 15) is 22.8 Å². The van der Waals surface area contributed by atoms with Crippen molar-refractivity contribution in [2.45, 2.75) is 63.0 Å². The fourth-order valence-corrected chi connectivity index (χ4v) is 8.45. The van der Waals surface area contributed by atoms with Crippen LogP contribution in [0.1, 0.15) is 49.6 Å². The highest BCUT2D eigenvalue weighted by Gasteiger charge is 2.37. The number of nitrogens with zero attached hydrogens (tertiary/aromatic N) is 3. The summed E-state index contributed by atoms with van der Waals surface area (Å²) < 4.78 is 46.1. The summed E-state index contributed by atoms with van der Waals surface area (Å²) >= 11 is 2.80. The highest BCUT2D eigenvalue weighted by Crippen LogP contribution is 2.43. The second-order valence-electron chi connectivity index (χ2n) is 12.2. The predicted octanol–water partition coefficient (Wildman–Crippen LogP) is 7.52. The first-order chi connectivity index (χ1) is 20.3. The Kier molecular flexibility index (Phi) is 7.61. The van der Waals surface area contributed by atoms with Crippen molar-refractivity contribution in [2.75, 3.05) is 18.6 Å². The van der Waals surface area contributed by atoms with Gasteiger partial charge in [-0.15, -0.1) is 11.3 Å². The number of carbonyl (C=O) groups is 1. The minimum absolute atomic E-state index is 0.158. The lowest BCUT2D eigenvalue weighted by atomic mass is 9.72. The molecule has 2 aromatic carbocycles. The number of aromatic nitrogens is 2. The molecular weight excluding hydrogens is 595 g/mol. The van der Waals surface area contributed by atoms with Gasteiger partial charge >= 0.3 is 6.18 Å². The van der Waals surface area contributed by atoms with Crippen LogP contribution in [-0.2, 0) is 23.8 Å². The van der Waals surface area contributed by atoms with E-state index in [1.807, 2.05) is 0 Å². The minimum atomic E-state index is -4.45. The molecule has 1 fully saturated rings. The predicted molar refractivity (Wildman–Crippen MR) is 165 cm³/mol. The van der Waals surface area contributed by atoms with Gasteiger partial charge in [-0.25, -0.2) is 4.98 Å². The van der Waals surface area contributed by atoms with E-state index in [1.165, 1.54) is 33.7 Å². The molecule has 6 rings (SSSR count). The Morgan fingerprint density at radius 3 is 2.28 bits per heavy atom. The Morgan fingerprint density at radius 1 is 0.977 bits per heavy atom. The van der Waals surface area contributed by atoms with E-state index in [-0.39, 0.29) is 16.9 Å². The van der Waals surface area contributed by atoms with E-state index < -0.39 is 17.0 Å². The minimum Gasteiger partial charge on any atom is -0.497 e. The maximum atomic E-state index is 14.3. The van der Waals surface area contributed by atoms with Crippen LogP contribution in [0.25, 0.3) is 15.9 Å². The fourth-order valence-electron chi connectivity index (χ4n) is 5.96. The van der Waals surface area contributed by atoms with E-state index in [2.05, 4.69) is 20.8 Å². The summed E-state index contributed by atoms with van der Waals surface area (Å²) in [6.45, 7) is 7.13. The number of benzene rings is 2. The molecule has 0 bridgehead atoms. The molecule has 2 aliphatic rings. The molecule has 226 valence electrons. The normalized spacial score (nSPS) is 19.2. The Bertz CT molecular complexity index is 1740. The van der Waals surface area contributed by atoms with Crippen molar-refractivity contribution in [1.82, 2.24) is 9.55 Å². The second-order valence-corrected chi connectivity index (χ2v) is 14.4. The number of aryl methyl sites for hydroxylation is 1. The lowest BCUT2D eigenvalue weighted by molar-refractivity contribution is -0.137. The molecule has 1 amide bonds. The van der Waals surface area contributed by atoms with E-state index in [1.54, 1.807) is 47.3 Å². The van der Waals surface area contributed by atoms with Crippen LogP contribution in [0.15, 0.2) is 58.5 Å². The van der Waals surface area contributed by atoms with Crippen molar-refractivity contribution >= 4 is 44.9 Å². The summed E-state index contributed by atoms with van der Waals surface area (Å²) in [4.78, 5) is 36.2. The molecule has 0 N–H and O–H groups in total. The molecular formula is C32H32F3N3O3S2. The number of fused-ring (bicyclic) bond motifs is 3. The van der Waals surface area contributed by atoms with Crippen LogP contribution in [0.5, 0.6) is 5.75 Å². The molecule has 3 heterocycles. The first-order valence-corrected chi connectivity index (χ1v) is 15.9. The van der Waals surface area contributed by atoms with Crippen LogP contribution in [0.2, 0.25) is 0 Å². The summed E-state index contributed by atoms with van der Waals surface area (Å²) in [5.41, 5.74) is 1.36. The highest BCUT2D eigenvalue weighted by molar-refractivity contribution is 8.00. The van der Waals surface area contributed by atoms with Crippen LogP contribution in [-0.4, -0.2) is 34.4 Å². The number of hydrogen-bond donors (Lipinski definition) is 0. The smallest absolute Gasteiger partial charge is 0.416 e. The first-order valence-electron chi connectivity index (χ1n) is 14.2. The Balaban J connectivity index is 1.38. The molecule has 11 heteroatoms. The van der Waals surface area contributed by atoms with Gasteiger partial charge in [-0.2, -0.15) is 13.2 Å². The lowest BCUT2D eigenvalue weighted by Gasteiger charge is -2.33. The third-order valence-electron chi connectivity index (χ3n) is 8.52. The largest absolute Gasteiger partial charge is 0.497 e. The quantitative estimate of drug-likeness (QED) is 0.214. The van der Waals surface area contributed by atoms with Crippen LogP contribution in [0, 0.1) is 11.3 Å². The number of halogens is 3. The molecule has 1 saturated heterocycles. The van der Waals surface area contributed by atoms with Crippen molar-refractivity contribution < 1.29 is 22.7 Å². The van der Waals surface area contributed by atoms with Crippen LogP contribution >= 0.6 is 23.1 Å². The standard InChI is InChI=1S/C32H32F3N3O3S2/c1-31(2,3)19-7-14-23-25(17-19)42-27-26(23)29(40)38(21-10-12-22(41-4)13-11-21)30(36-27)43-24-15-16-37(28(24)39)20-8-5-18(6-9-20)32(33,34)35/h5-6,8-13,19,24H,7,14-17H2,1-4H3. The summed E-state index contributed by atoms with van der Waals surface area (Å²) in [5, 5.41) is 0.522. The van der Waals surface area contributed by atoms with Gasteiger partial charge < -0.3 is 9.64 Å². The average Bonchev–Trinajstić information content (AvgIpc) is 3.52. The maximum absolute atomic E-state index is 14.3. The van der Waals surface area contributed by atoms with Crippen molar-refractivity contribution in [3.63, 3.8) is 0 Å². The van der Waals surface area contributed by atoms with Gasteiger partial charge in [0.2, 0.25) is 5.91 Å². The monoisotopic (exact) mass is 627 g/mol. The van der Waals surface area contributed by atoms with Gasteiger partial charge in [0.15, 0.2) is 5.16 Å². The highest BCUT2D eigenvalue weighted by atomic mass is 32.2. The number of rotatable bonds is 5. The topological polar surface area (TPSA) is 64.4 Å². The zero-order valence-electron chi connectivity index (χ0n) is 24.3. The number of alkyl halides is 3. The molecule has 6 nitrogen and oxygen atoms in total. The summed E-state index contributed by atoms with van der Waals surface area (Å²) in [7, 11) is 1.58. The maximum Gasteiger partial charge on any atom is 0.416 e. The third kappa shape index (κ3) is 5.57. The van der Waals surface area contributed by atoms with Gasteiger partial charge in [0.1, 0.15) is 10.6 Å². The SMILES string of the molecule is COc1ccc(-n2c(SC3CCN(c4ccc(C(F)(F)F)cc4)C3=O)nc3sc4c(c3c2=O)CCC(C(C)(C)C)C4)cc1. The lowest BCUT2D eigenvalue weighted by Crippen LogP contribution is -2.29. The summed E-state index contributed by atoms with van der Waals surface area (Å²) in [5.74, 6) is 0.941. The van der Waals surface area contributed by atoms with Crippen molar-refractivity contribution in [3.8, 4) is 11.4 Å². The molecule has 2 unspecified atom stereocenters. The number of methoxy groups -OCH3 is 1. The molecule has 0 radical (unpaired) electrons. The number of amides is 1.